The van der Waals surface area contributed by atoms with E-state index in [9.17, 15) is 22.8 Å². The summed E-state index contributed by atoms with van der Waals surface area (Å²) >= 11 is 5.55. The number of carbonyl (C=O) groups excluding carboxylic acids is 2. The van der Waals surface area contributed by atoms with Crippen LogP contribution in [-0.2, 0) is 17.3 Å². The van der Waals surface area contributed by atoms with Crippen LogP contribution in [0.15, 0.2) is 59.6 Å². The highest BCUT2D eigenvalue weighted by Crippen LogP contribution is 2.29. The first-order chi connectivity index (χ1) is 18.8. The Kier molecular flexibility index (Phi) is 16.2. The van der Waals surface area contributed by atoms with Gasteiger partial charge in [0.1, 0.15) is 6.61 Å². The van der Waals surface area contributed by atoms with Gasteiger partial charge in [-0.1, -0.05) is 48.0 Å². The van der Waals surface area contributed by atoms with Crippen molar-refractivity contribution in [3.63, 3.8) is 0 Å². The zero-order chi connectivity index (χ0) is 29.9. The van der Waals surface area contributed by atoms with E-state index in [2.05, 4.69) is 20.3 Å². The van der Waals surface area contributed by atoms with Crippen LogP contribution in [0.5, 0.6) is 0 Å². The molecule has 9 N–H and O–H groups in total. The number of nitrogens with one attached hydrogen (secondary N) is 1. The average molecular weight is 654 g/mol. The van der Waals surface area contributed by atoms with Crippen molar-refractivity contribution in [1.82, 2.24) is 15.3 Å². The number of rotatable bonds is 8. The van der Waals surface area contributed by atoms with Crippen LogP contribution in [0.3, 0.4) is 0 Å². The maximum atomic E-state index is 12.7. The number of halogens is 6. The number of nitrogens with zero attached hydrogens (tertiary/aromatic N) is 3. The van der Waals surface area contributed by atoms with Crippen molar-refractivity contribution < 1.29 is 27.5 Å². The third kappa shape index (κ3) is 12.8. The maximum absolute atomic E-state index is 12.7. The van der Waals surface area contributed by atoms with E-state index in [4.69, 9.17) is 39.3 Å². The highest BCUT2D eigenvalue weighted by molar-refractivity contribution is 6.31. The maximum Gasteiger partial charge on any atom is 0.416 e. The van der Waals surface area contributed by atoms with Gasteiger partial charge in [0, 0.05) is 12.6 Å². The predicted octanol–water partition coefficient (Wildman–Crippen LogP) is 3.63. The number of hydrogen-bond acceptors (Lipinski definition) is 8. The Morgan fingerprint density at radius 2 is 1.67 bits per heavy atom. The number of anilines is 2. The molecule has 1 heterocycles. The molecule has 0 saturated carbocycles. The number of carbonyl (C=O) groups is 2. The molecule has 42 heavy (non-hydrogen) atoms. The molecule has 0 aliphatic heterocycles. The summed E-state index contributed by atoms with van der Waals surface area (Å²) in [4.78, 5) is 33.5. The lowest BCUT2D eigenvalue weighted by Crippen LogP contribution is -2.31. The molecular weight excluding hydrogens is 624 g/mol. The van der Waals surface area contributed by atoms with E-state index in [-0.39, 0.29) is 59.9 Å². The summed E-state index contributed by atoms with van der Waals surface area (Å²) in [7, 11) is 0. The van der Waals surface area contributed by atoms with Crippen molar-refractivity contribution in [2.24, 2.45) is 16.5 Å². The number of hydrogen-bond donors (Lipinski definition) is 5. The van der Waals surface area contributed by atoms with Crippen LogP contribution in [0.25, 0.3) is 0 Å². The zero-order valence-corrected chi connectivity index (χ0v) is 24.5. The van der Waals surface area contributed by atoms with Gasteiger partial charge in [-0.3, -0.25) is 4.79 Å². The smallest absolute Gasteiger partial charge is 0.416 e. The molecule has 1 amide bonds. The number of guanidine groups is 1. The van der Waals surface area contributed by atoms with Gasteiger partial charge in [0.25, 0.3) is 0 Å². The lowest BCUT2D eigenvalue weighted by molar-refractivity contribution is -0.137. The van der Waals surface area contributed by atoms with Gasteiger partial charge in [-0.2, -0.15) is 18.2 Å². The molecule has 1 unspecified atom stereocenters. The highest BCUT2D eigenvalue weighted by atomic mass is 35.5. The van der Waals surface area contributed by atoms with Crippen molar-refractivity contribution in [2.45, 2.75) is 25.6 Å². The topological polar surface area (TPSA) is 198 Å². The minimum atomic E-state index is -4.34. The van der Waals surface area contributed by atoms with Crippen LogP contribution in [0.2, 0.25) is 5.15 Å². The van der Waals surface area contributed by atoms with Gasteiger partial charge in [-0.15, -0.1) is 24.8 Å². The van der Waals surface area contributed by atoms with E-state index in [1.807, 2.05) is 13.0 Å². The Morgan fingerprint density at radius 1 is 1.02 bits per heavy atom. The van der Waals surface area contributed by atoms with Crippen LogP contribution in [-0.4, -0.2) is 47.0 Å². The predicted molar refractivity (Wildman–Crippen MR) is 160 cm³/mol. The molecule has 0 aliphatic carbocycles. The second-order valence-electron chi connectivity index (χ2n) is 8.23. The molecule has 1 atom stereocenters. The molecule has 1 aromatic heterocycles. The molecule has 230 valence electrons. The molecule has 0 spiro atoms. The van der Waals surface area contributed by atoms with Crippen molar-refractivity contribution in [3.8, 4) is 0 Å². The number of nitrogen functional groups attached to an aromatic ring is 2. The summed E-state index contributed by atoms with van der Waals surface area (Å²) in [6.07, 6.45) is -3.88. The fraction of sp³-hybridized carbons (Fsp3) is 0.240. The number of amides is 1. The number of ether oxygens (including phenoxy) is 1. The van der Waals surface area contributed by atoms with Crippen molar-refractivity contribution in [1.29, 1.82) is 0 Å². The number of esters is 1. The second kappa shape index (κ2) is 17.9. The zero-order valence-electron chi connectivity index (χ0n) is 22.1. The van der Waals surface area contributed by atoms with E-state index >= 15 is 0 Å². The van der Waals surface area contributed by atoms with Crippen LogP contribution < -0.4 is 28.3 Å². The normalized spacial score (nSPS) is 11.0. The van der Waals surface area contributed by atoms with Crippen LogP contribution >= 0.6 is 36.4 Å². The highest BCUT2D eigenvalue weighted by Gasteiger charge is 2.30. The lowest BCUT2D eigenvalue weighted by atomic mass is 10.0. The standard InChI is InChI=1S/C19H20F3NO2.C6H8ClN7O.2ClH/c1-14(12-15-6-5-9-17(13-15)19(20,21)22)23-10-11-25-18(24)16-7-3-2-4-8-16;7-2-4(9)13-3(8)1(12-2)5(15)14-6(10)11;;/h2-9,13-14,23H,10-12H2,1H3;(H4,8,9,13)(H4,10,11,14,15);2*1H. The molecule has 0 fully saturated rings. The average Bonchev–Trinajstić information content (AvgIpc) is 2.88. The molecule has 3 rings (SSSR count). The quantitative estimate of drug-likeness (QED) is 0.104. The summed E-state index contributed by atoms with van der Waals surface area (Å²) in [5.41, 5.74) is 20.9. The first-order valence-corrected chi connectivity index (χ1v) is 12.0. The number of nitrogens with two attached hydrogens (primary N) is 4. The number of alkyl halides is 3. The molecule has 0 bridgehead atoms. The molecule has 0 saturated heterocycles. The Hall–Kier alpha value is -3.85. The van der Waals surface area contributed by atoms with E-state index in [1.165, 1.54) is 6.07 Å². The minimum Gasteiger partial charge on any atom is -0.461 e. The molecule has 0 aliphatic rings. The summed E-state index contributed by atoms with van der Waals surface area (Å²) < 4.78 is 43.3. The Morgan fingerprint density at radius 3 is 2.26 bits per heavy atom. The molecular formula is C25H30Cl3F3N8O3. The third-order valence-corrected chi connectivity index (χ3v) is 5.25. The minimum absolute atomic E-state index is 0. The Labute approximate surface area is 257 Å². The van der Waals surface area contributed by atoms with Crippen molar-refractivity contribution in [2.75, 3.05) is 24.6 Å². The summed E-state index contributed by atoms with van der Waals surface area (Å²) in [6, 6.07) is 13.9. The SMILES string of the molecule is CC(Cc1cccc(C(F)(F)F)c1)NCCOC(=O)c1ccccc1.Cl.Cl.NC(N)=NC(=O)c1nc(Cl)c(N)nc1N. The Balaban J connectivity index is 0.000000855. The monoisotopic (exact) mass is 652 g/mol. The van der Waals surface area contributed by atoms with E-state index in [1.54, 1.807) is 30.3 Å². The van der Waals surface area contributed by atoms with Crippen molar-refractivity contribution >= 4 is 65.9 Å². The van der Waals surface area contributed by atoms with E-state index in [0.29, 0.717) is 24.1 Å². The summed E-state index contributed by atoms with van der Waals surface area (Å²) in [6.45, 7) is 2.50. The van der Waals surface area contributed by atoms with E-state index in [0.717, 1.165) is 12.1 Å². The summed E-state index contributed by atoms with van der Waals surface area (Å²) in [5.74, 6) is -1.90. The van der Waals surface area contributed by atoms with Gasteiger partial charge < -0.3 is 33.0 Å². The van der Waals surface area contributed by atoms with Gasteiger partial charge in [0.15, 0.2) is 28.4 Å². The van der Waals surface area contributed by atoms with Gasteiger partial charge in [-0.05, 0) is 37.1 Å². The molecule has 17 heteroatoms. The largest absolute Gasteiger partial charge is 0.461 e. The van der Waals surface area contributed by atoms with Gasteiger partial charge >= 0.3 is 18.1 Å². The summed E-state index contributed by atoms with van der Waals surface area (Å²) in [5, 5.41) is 3.00. The molecule has 2 aromatic carbocycles. The molecule has 11 nitrogen and oxygen atoms in total. The third-order valence-electron chi connectivity index (χ3n) is 4.97. The fourth-order valence-corrected chi connectivity index (χ4v) is 3.30. The van der Waals surface area contributed by atoms with Crippen LogP contribution in [0.4, 0.5) is 24.8 Å². The first kappa shape index (κ1) is 38.1. The number of benzene rings is 2. The number of aromatic nitrogens is 2. The van der Waals surface area contributed by atoms with Crippen molar-refractivity contribution in [3.05, 3.63) is 82.1 Å². The van der Waals surface area contributed by atoms with E-state index < -0.39 is 29.6 Å². The molecule has 0 radical (unpaired) electrons. The first-order valence-electron chi connectivity index (χ1n) is 11.6. The second-order valence-corrected chi connectivity index (χ2v) is 8.59. The van der Waals surface area contributed by atoms with Gasteiger partial charge in [0.2, 0.25) is 0 Å². The number of aliphatic imine (C=N–C) groups is 1. The fourth-order valence-electron chi connectivity index (χ4n) is 3.18. The Bertz CT molecular complexity index is 1350. The van der Waals surface area contributed by atoms with Gasteiger partial charge in [0.05, 0.1) is 11.1 Å². The van der Waals surface area contributed by atoms with Crippen LogP contribution in [0.1, 0.15) is 38.9 Å². The lowest BCUT2D eigenvalue weighted by Gasteiger charge is -2.15. The van der Waals surface area contributed by atoms with Gasteiger partial charge in [-0.25, -0.2) is 14.8 Å². The van der Waals surface area contributed by atoms with Crippen LogP contribution in [0, 0.1) is 0 Å². The molecule has 3 aromatic rings.